The second-order valence-electron chi connectivity index (χ2n) is 5.31. The minimum Gasteiger partial charge on any atom is -0.484 e. The molecule has 0 fully saturated rings. The van der Waals surface area contributed by atoms with E-state index in [1.165, 1.54) is 5.56 Å². The summed E-state index contributed by atoms with van der Waals surface area (Å²) in [6.45, 7) is 4.77. The van der Waals surface area contributed by atoms with Crippen molar-refractivity contribution in [3.05, 3.63) is 41.5 Å². The van der Waals surface area contributed by atoms with Crippen molar-refractivity contribution in [2.24, 2.45) is 0 Å². The smallest absolute Gasteiger partial charge is 0.264 e. The van der Waals surface area contributed by atoms with Crippen molar-refractivity contribution in [3.63, 3.8) is 0 Å². The van der Waals surface area contributed by atoms with E-state index in [2.05, 4.69) is 17.1 Å². The van der Waals surface area contributed by atoms with E-state index in [1.807, 2.05) is 31.2 Å². The van der Waals surface area contributed by atoms with Crippen LogP contribution in [0.15, 0.2) is 28.8 Å². The van der Waals surface area contributed by atoms with Crippen LogP contribution in [0.4, 0.5) is 0 Å². The highest BCUT2D eigenvalue weighted by atomic mass is 16.5. The predicted molar refractivity (Wildman–Crippen MR) is 86.1 cm³/mol. The fourth-order valence-corrected chi connectivity index (χ4v) is 2.08. The normalized spacial score (nSPS) is 10.6. The molecule has 6 nitrogen and oxygen atoms in total. The summed E-state index contributed by atoms with van der Waals surface area (Å²) >= 11 is 0. The number of ether oxygens (including phenoxy) is 1. The van der Waals surface area contributed by atoms with Gasteiger partial charge in [0.2, 0.25) is 5.91 Å². The van der Waals surface area contributed by atoms with Crippen LogP contribution in [0.5, 0.6) is 5.75 Å². The molecular formula is C17H23N3O3. The maximum atomic E-state index is 11.5. The maximum Gasteiger partial charge on any atom is 0.264 e. The molecule has 0 bridgehead atoms. The topological polar surface area (TPSA) is 68.5 Å². The van der Waals surface area contributed by atoms with Gasteiger partial charge in [-0.05, 0) is 24.1 Å². The standard InChI is InChI=1S/C17H23N3O3/c1-4-13-6-8-14(9-7-13)22-12-16-18-15(19-23-16)10-11-20(3)17(21)5-2/h6-9H,4-5,10-12H2,1-3H3. The van der Waals surface area contributed by atoms with Crippen molar-refractivity contribution in [1.29, 1.82) is 0 Å². The lowest BCUT2D eigenvalue weighted by molar-refractivity contribution is -0.129. The molecule has 0 unspecified atom stereocenters. The minimum atomic E-state index is 0.104. The van der Waals surface area contributed by atoms with Gasteiger partial charge in [-0.3, -0.25) is 4.79 Å². The summed E-state index contributed by atoms with van der Waals surface area (Å²) in [5.74, 6) is 1.90. The molecule has 0 spiro atoms. The Morgan fingerprint density at radius 2 is 2.00 bits per heavy atom. The summed E-state index contributed by atoms with van der Waals surface area (Å²) in [5, 5.41) is 3.91. The van der Waals surface area contributed by atoms with Crippen LogP contribution >= 0.6 is 0 Å². The van der Waals surface area contributed by atoms with Crippen molar-refractivity contribution < 1.29 is 14.1 Å². The van der Waals surface area contributed by atoms with Crippen molar-refractivity contribution in [1.82, 2.24) is 15.0 Å². The van der Waals surface area contributed by atoms with Gasteiger partial charge in [-0.15, -0.1) is 0 Å². The fourth-order valence-electron chi connectivity index (χ4n) is 2.08. The Labute approximate surface area is 136 Å². The first-order valence-electron chi connectivity index (χ1n) is 7.89. The van der Waals surface area contributed by atoms with Crippen molar-refractivity contribution in [2.45, 2.75) is 39.7 Å². The number of rotatable bonds is 8. The SMILES string of the molecule is CCC(=O)N(C)CCc1noc(COc2ccc(CC)cc2)n1. The Bertz CT molecular complexity index is 622. The molecule has 124 valence electrons. The van der Waals surface area contributed by atoms with Crippen LogP contribution in [0.3, 0.4) is 0 Å². The van der Waals surface area contributed by atoms with Crippen LogP contribution in [0.2, 0.25) is 0 Å². The highest BCUT2D eigenvalue weighted by Gasteiger charge is 2.10. The average Bonchev–Trinajstić information content (AvgIpc) is 3.05. The summed E-state index contributed by atoms with van der Waals surface area (Å²) in [7, 11) is 1.77. The van der Waals surface area contributed by atoms with Gasteiger partial charge in [0.05, 0.1) is 0 Å². The molecule has 0 saturated carbocycles. The quantitative estimate of drug-likeness (QED) is 0.748. The zero-order valence-electron chi connectivity index (χ0n) is 13.9. The Morgan fingerprint density at radius 1 is 1.26 bits per heavy atom. The Hall–Kier alpha value is -2.37. The molecule has 2 rings (SSSR count). The summed E-state index contributed by atoms with van der Waals surface area (Å²) in [6, 6.07) is 7.94. The maximum absolute atomic E-state index is 11.5. The molecule has 0 N–H and O–H groups in total. The number of hydrogen-bond donors (Lipinski definition) is 0. The molecule has 0 aliphatic carbocycles. The largest absolute Gasteiger partial charge is 0.484 e. The lowest BCUT2D eigenvalue weighted by Crippen LogP contribution is -2.28. The molecule has 0 aliphatic heterocycles. The molecule has 0 atom stereocenters. The van der Waals surface area contributed by atoms with Gasteiger partial charge in [-0.1, -0.05) is 31.1 Å². The molecule has 0 saturated heterocycles. The van der Waals surface area contributed by atoms with Crippen molar-refractivity contribution in [3.8, 4) is 5.75 Å². The third-order valence-corrected chi connectivity index (χ3v) is 3.60. The van der Waals surface area contributed by atoms with E-state index in [-0.39, 0.29) is 12.5 Å². The molecule has 0 aliphatic rings. The number of hydrogen-bond acceptors (Lipinski definition) is 5. The van der Waals surface area contributed by atoms with E-state index in [1.54, 1.807) is 11.9 Å². The van der Waals surface area contributed by atoms with Gasteiger partial charge in [0, 0.05) is 26.4 Å². The van der Waals surface area contributed by atoms with Crippen LogP contribution in [0, 0.1) is 0 Å². The molecule has 23 heavy (non-hydrogen) atoms. The van der Waals surface area contributed by atoms with Crippen molar-refractivity contribution in [2.75, 3.05) is 13.6 Å². The van der Waals surface area contributed by atoms with E-state index in [9.17, 15) is 4.79 Å². The second kappa shape index (κ2) is 8.31. The number of aryl methyl sites for hydroxylation is 1. The van der Waals surface area contributed by atoms with E-state index >= 15 is 0 Å². The van der Waals surface area contributed by atoms with Gasteiger partial charge >= 0.3 is 0 Å². The second-order valence-corrected chi connectivity index (χ2v) is 5.31. The molecule has 0 radical (unpaired) electrons. The van der Waals surface area contributed by atoms with Crippen LogP contribution in [0.25, 0.3) is 0 Å². The molecule has 2 aromatic rings. The molecule has 1 heterocycles. The summed E-state index contributed by atoms with van der Waals surface area (Å²) < 4.78 is 10.8. The monoisotopic (exact) mass is 317 g/mol. The zero-order valence-corrected chi connectivity index (χ0v) is 13.9. The number of carbonyl (C=O) groups is 1. The third-order valence-electron chi connectivity index (χ3n) is 3.60. The number of benzene rings is 1. The van der Waals surface area contributed by atoms with Crippen LogP contribution < -0.4 is 4.74 Å². The minimum absolute atomic E-state index is 0.104. The van der Waals surface area contributed by atoms with Gasteiger partial charge in [0.25, 0.3) is 5.89 Å². The summed E-state index contributed by atoms with van der Waals surface area (Å²) in [6.07, 6.45) is 2.07. The van der Waals surface area contributed by atoms with Crippen molar-refractivity contribution >= 4 is 5.91 Å². The Balaban J connectivity index is 1.81. The number of aromatic nitrogens is 2. The van der Waals surface area contributed by atoms with E-state index in [4.69, 9.17) is 9.26 Å². The number of carbonyl (C=O) groups excluding carboxylic acids is 1. The Kier molecular flexibility index (Phi) is 6.14. The molecule has 6 heteroatoms. The van der Waals surface area contributed by atoms with Gasteiger partial charge < -0.3 is 14.2 Å². The highest BCUT2D eigenvalue weighted by molar-refractivity contribution is 5.75. The summed E-state index contributed by atoms with van der Waals surface area (Å²) in [5.41, 5.74) is 1.27. The van der Waals surface area contributed by atoms with Crippen LogP contribution in [0.1, 0.15) is 37.5 Å². The van der Waals surface area contributed by atoms with E-state index in [0.717, 1.165) is 12.2 Å². The Morgan fingerprint density at radius 3 is 2.65 bits per heavy atom. The number of amides is 1. The first kappa shape index (κ1) is 17.0. The first-order chi connectivity index (χ1) is 11.1. The van der Waals surface area contributed by atoms with E-state index in [0.29, 0.717) is 31.1 Å². The predicted octanol–water partition coefficient (Wildman–Crippen LogP) is 2.62. The zero-order chi connectivity index (χ0) is 16.7. The van der Waals surface area contributed by atoms with Gasteiger partial charge in [0.1, 0.15) is 5.75 Å². The number of nitrogens with zero attached hydrogens (tertiary/aromatic N) is 3. The summed E-state index contributed by atoms with van der Waals surface area (Å²) in [4.78, 5) is 17.4. The van der Waals surface area contributed by atoms with E-state index < -0.39 is 0 Å². The average molecular weight is 317 g/mol. The molecule has 1 aromatic heterocycles. The molecular weight excluding hydrogens is 294 g/mol. The lowest BCUT2D eigenvalue weighted by Gasteiger charge is -2.14. The lowest BCUT2D eigenvalue weighted by atomic mass is 10.2. The van der Waals surface area contributed by atoms with Gasteiger partial charge in [0.15, 0.2) is 12.4 Å². The van der Waals surface area contributed by atoms with Gasteiger partial charge in [-0.25, -0.2) is 0 Å². The molecule has 1 aromatic carbocycles. The van der Waals surface area contributed by atoms with Crippen LogP contribution in [-0.4, -0.2) is 34.5 Å². The third kappa shape index (κ3) is 5.09. The molecule has 1 amide bonds. The first-order valence-corrected chi connectivity index (χ1v) is 7.89. The highest BCUT2D eigenvalue weighted by Crippen LogP contribution is 2.14. The fraction of sp³-hybridized carbons (Fsp3) is 0.471. The van der Waals surface area contributed by atoms with Gasteiger partial charge in [-0.2, -0.15) is 4.98 Å². The number of likely N-dealkylation sites (N-methyl/N-ethyl adjacent to an activating group) is 1. The van der Waals surface area contributed by atoms with Crippen LogP contribution in [-0.2, 0) is 24.2 Å².